The van der Waals surface area contributed by atoms with E-state index in [9.17, 15) is 4.79 Å². The van der Waals surface area contributed by atoms with E-state index in [4.69, 9.17) is 15.3 Å². The first kappa shape index (κ1) is 24.0. The lowest BCUT2D eigenvalue weighted by Gasteiger charge is -2.49. The number of piperazine rings is 1. The molecule has 1 aliphatic rings. The highest BCUT2D eigenvalue weighted by molar-refractivity contribution is 5.88. The third-order valence-corrected chi connectivity index (χ3v) is 7.55. The zero-order valence-corrected chi connectivity index (χ0v) is 21.6. The van der Waals surface area contributed by atoms with E-state index in [0.29, 0.717) is 0 Å². The monoisotopic (exact) mass is 487 g/mol. The fourth-order valence-corrected chi connectivity index (χ4v) is 5.48. The minimum absolute atomic E-state index is 0.0682. The molecule has 5 rings (SSSR count). The molecule has 0 radical (unpaired) electrons. The van der Waals surface area contributed by atoms with Crippen LogP contribution in [0.1, 0.15) is 51.0 Å². The molecule has 0 N–H and O–H groups in total. The highest BCUT2D eigenvalue weighted by Gasteiger charge is 2.36. The average Bonchev–Trinajstić information content (AvgIpc) is 3.47. The number of nitriles is 1. The maximum Gasteiger partial charge on any atom is 0.252 e. The smallest absolute Gasteiger partial charge is 0.252 e. The number of anilines is 1. The van der Waals surface area contributed by atoms with E-state index in [2.05, 4.69) is 47.8 Å². The molecule has 36 heavy (non-hydrogen) atoms. The van der Waals surface area contributed by atoms with Gasteiger partial charge in [-0.25, -0.2) is 9.50 Å². The van der Waals surface area contributed by atoms with Crippen molar-refractivity contribution in [2.45, 2.75) is 65.2 Å². The third-order valence-electron chi connectivity index (χ3n) is 7.55. The third kappa shape index (κ3) is 4.03. The van der Waals surface area contributed by atoms with Gasteiger partial charge in [-0.1, -0.05) is 13.8 Å². The van der Waals surface area contributed by atoms with Crippen LogP contribution in [0.3, 0.4) is 0 Å². The van der Waals surface area contributed by atoms with Crippen molar-refractivity contribution in [2.75, 3.05) is 18.0 Å². The first-order valence-corrected chi connectivity index (χ1v) is 12.6. The SMILES string of the molecule is CC[C@H]1CN(C(C)c2ccn3nc(C)cc3n2)[C@H](CC)CN1c1cc(=O)n(C)c2cn(CC#N)nc12. The van der Waals surface area contributed by atoms with E-state index < -0.39 is 0 Å². The minimum atomic E-state index is -0.0682. The van der Waals surface area contributed by atoms with Crippen LogP contribution in [0.15, 0.2) is 35.4 Å². The maximum absolute atomic E-state index is 12.9. The summed E-state index contributed by atoms with van der Waals surface area (Å²) in [5.74, 6) is 0. The molecule has 4 aromatic rings. The summed E-state index contributed by atoms with van der Waals surface area (Å²) in [6.45, 7) is 10.4. The van der Waals surface area contributed by atoms with E-state index in [1.54, 1.807) is 28.6 Å². The Balaban J connectivity index is 1.50. The van der Waals surface area contributed by atoms with Gasteiger partial charge in [-0.15, -0.1) is 0 Å². The number of rotatable bonds is 6. The lowest BCUT2D eigenvalue weighted by molar-refractivity contribution is 0.0992. The zero-order chi connectivity index (χ0) is 25.6. The van der Waals surface area contributed by atoms with Gasteiger partial charge < -0.3 is 9.47 Å². The molecule has 5 heterocycles. The second-order valence-electron chi connectivity index (χ2n) is 9.74. The van der Waals surface area contributed by atoms with Gasteiger partial charge in [-0.05, 0) is 32.8 Å². The van der Waals surface area contributed by atoms with E-state index >= 15 is 0 Å². The van der Waals surface area contributed by atoms with Crippen molar-refractivity contribution in [3.63, 3.8) is 0 Å². The number of hydrogen-bond donors (Lipinski definition) is 0. The summed E-state index contributed by atoms with van der Waals surface area (Å²) in [6.07, 6.45) is 5.69. The molecule has 0 saturated carbocycles. The van der Waals surface area contributed by atoms with Crippen molar-refractivity contribution >= 4 is 22.4 Å². The topological polar surface area (TPSA) is 100 Å². The minimum Gasteiger partial charge on any atom is -0.364 e. The Bertz CT molecular complexity index is 1510. The Morgan fingerprint density at radius 2 is 1.94 bits per heavy atom. The predicted octanol–water partition coefficient (Wildman–Crippen LogP) is 3.05. The predicted molar refractivity (Wildman–Crippen MR) is 139 cm³/mol. The Labute approximate surface area is 210 Å². The molecule has 1 aliphatic heterocycles. The molecule has 1 fully saturated rings. The summed E-state index contributed by atoms with van der Waals surface area (Å²) in [4.78, 5) is 22.7. The van der Waals surface area contributed by atoms with E-state index in [-0.39, 0.29) is 30.2 Å². The maximum atomic E-state index is 12.9. The van der Waals surface area contributed by atoms with Gasteiger partial charge in [-0.3, -0.25) is 14.4 Å². The first-order chi connectivity index (χ1) is 17.3. The number of pyridine rings is 1. The molecule has 10 heteroatoms. The molecule has 1 saturated heterocycles. The lowest BCUT2D eigenvalue weighted by Crippen LogP contribution is -2.59. The van der Waals surface area contributed by atoms with Gasteiger partial charge in [0.1, 0.15) is 12.1 Å². The Hall–Kier alpha value is -3.71. The van der Waals surface area contributed by atoms with Crippen molar-refractivity contribution in [2.24, 2.45) is 7.05 Å². The quantitative estimate of drug-likeness (QED) is 0.412. The van der Waals surface area contributed by atoms with Crippen LogP contribution >= 0.6 is 0 Å². The van der Waals surface area contributed by atoms with Crippen molar-refractivity contribution in [3.05, 3.63) is 52.3 Å². The molecule has 0 aromatic carbocycles. The number of nitrogens with zero attached hydrogens (tertiary/aromatic N) is 9. The van der Waals surface area contributed by atoms with Crippen LogP contribution in [-0.2, 0) is 13.6 Å². The first-order valence-electron chi connectivity index (χ1n) is 12.6. The number of aromatic nitrogens is 6. The van der Waals surface area contributed by atoms with Gasteiger partial charge in [0.25, 0.3) is 5.56 Å². The number of aryl methyl sites for hydroxylation is 2. The number of hydrogen-bond acceptors (Lipinski definition) is 7. The van der Waals surface area contributed by atoms with E-state index in [1.807, 2.05) is 23.7 Å². The largest absolute Gasteiger partial charge is 0.364 e. The Morgan fingerprint density at radius 3 is 2.67 bits per heavy atom. The van der Waals surface area contributed by atoms with Crippen LogP contribution < -0.4 is 10.5 Å². The molecule has 1 unspecified atom stereocenters. The lowest BCUT2D eigenvalue weighted by atomic mass is 9.98. The van der Waals surface area contributed by atoms with Crippen molar-refractivity contribution < 1.29 is 0 Å². The summed E-state index contributed by atoms with van der Waals surface area (Å²) in [5.41, 5.74) is 5.17. The van der Waals surface area contributed by atoms with Crippen molar-refractivity contribution in [1.29, 1.82) is 5.26 Å². The second kappa shape index (κ2) is 9.39. The standard InChI is InChI=1S/C26H33N9O/c1-6-19-15-34(22-13-25(36)31(5)23-16-32(11-9-27)30-26(22)23)20(7-2)14-33(19)18(4)21-8-10-35-24(28-21)12-17(3)29-35/h8,10,12-13,16,18-20H,6-7,11,14-15H2,1-5H3/t18?,19-,20+/m1/s1. The van der Waals surface area contributed by atoms with Gasteiger partial charge in [-0.2, -0.15) is 15.5 Å². The van der Waals surface area contributed by atoms with Crippen LogP contribution in [0.2, 0.25) is 0 Å². The molecule has 10 nitrogen and oxygen atoms in total. The van der Waals surface area contributed by atoms with Crippen LogP contribution in [0.25, 0.3) is 16.7 Å². The van der Waals surface area contributed by atoms with E-state index in [0.717, 1.165) is 59.7 Å². The van der Waals surface area contributed by atoms with Crippen molar-refractivity contribution in [3.8, 4) is 6.07 Å². The van der Waals surface area contributed by atoms with Crippen LogP contribution in [0.5, 0.6) is 0 Å². The highest BCUT2D eigenvalue weighted by atomic mass is 16.1. The van der Waals surface area contributed by atoms with Crippen LogP contribution in [0, 0.1) is 18.3 Å². The molecule has 188 valence electrons. The fourth-order valence-electron chi connectivity index (χ4n) is 5.48. The van der Waals surface area contributed by atoms with Gasteiger partial charge in [0.15, 0.2) is 5.65 Å². The van der Waals surface area contributed by atoms with Crippen LogP contribution in [0.4, 0.5) is 5.69 Å². The molecule has 3 atom stereocenters. The normalized spacial score (nSPS) is 19.7. The Morgan fingerprint density at radius 1 is 1.17 bits per heavy atom. The summed E-state index contributed by atoms with van der Waals surface area (Å²) in [5, 5.41) is 18.3. The van der Waals surface area contributed by atoms with Gasteiger partial charge >= 0.3 is 0 Å². The highest BCUT2D eigenvalue weighted by Crippen LogP contribution is 2.34. The summed E-state index contributed by atoms with van der Waals surface area (Å²) in [7, 11) is 1.75. The molecule has 0 amide bonds. The van der Waals surface area contributed by atoms with Crippen LogP contribution in [-0.4, -0.2) is 59.0 Å². The fraction of sp³-hybridized carbons (Fsp3) is 0.500. The van der Waals surface area contributed by atoms with Gasteiger partial charge in [0.05, 0.1) is 34.9 Å². The van der Waals surface area contributed by atoms with Gasteiger partial charge in [0.2, 0.25) is 0 Å². The molecule has 0 aliphatic carbocycles. The second-order valence-corrected chi connectivity index (χ2v) is 9.74. The Kier molecular flexibility index (Phi) is 6.26. The number of fused-ring (bicyclic) bond motifs is 2. The molecular weight excluding hydrogens is 454 g/mol. The molecular formula is C26H33N9O. The zero-order valence-electron chi connectivity index (χ0n) is 21.6. The summed E-state index contributed by atoms with van der Waals surface area (Å²) in [6, 6.07) is 8.56. The molecule has 0 spiro atoms. The molecule has 0 bridgehead atoms. The van der Waals surface area contributed by atoms with Crippen molar-refractivity contribution in [1.82, 2.24) is 33.8 Å². The average molecular weight is 488 g/mol. The summed E-state index contributed by atoms with van der Waals surface area (Å²) < 4.78 is 5.04. The van der Waals surface area contributed by atoms with Gasteiger partial charge in [0, 0.05) is 56.6 Å². The summed E-state index contributed by atoms with van der Waals surface area (Å²) >= 11 is 0. The molecule has 4 aromatic heterocycles. The van der Waals surface area contributed by atoms with E-state index in [1.165, 1.54) is 0 Å².